The molecule has 0 aliphatic carbocycles. The summed E-state index contributed by atoms with van der Waals surface area (Å²) in [5, 5.41) is 0. The van der Waals surface area contributed by atoms with Crippen molar-refractivity contribution in [3.8, 4) is 0 Å². The lowest BCUT2D eigenvalue weighted by Crippen LogP contribution is -2.22. The molecular formula is C15H16F2N2. The van der Waals surface area contributed by atoms with Crippen molar-refractivity contribution in [1.82, 2.24) is 0 Å². The van der Waals surface area contributed by atoms with Crippen molar-refractivity contribution in [2.75, 3.05) is 17.2 Å². The predicted molar refractivity (Wildman–Crippen MR) is 73.9 cm³/mol. The zero-order valence-electron chi connectivity index (χ0n) is 10.7. The van der Waals surface area contributed by atoms with E-state index in [1.54, 1.807) is 6.07 Å². The van der Waals surface area contributed by atoms with Gasteiger partial charge >= 0.3 is 0 Å². The minimum absolute atomic E-state index is 0.381. The van der Waals surface area contributed by atoms with Gasteiger partial charge in [0.15, 0.2) is 0 Å². The minimum atomic E-state index is -0.562. The predicted octanol–water partition coefficient (Wildman–Crippen LogP) is 3.57. The summed E-state index contributed by atoms with van der Waals surface area (Å²) in [6.45, 7) is 3.07. The molecule has 0 aliphatic heterocycles. The molecule has 0 atom stereocenters. The van der Waals surface area contributed by atoms with Crippen molar-refractivity contribution in [3.63, 3.8) is 0 Å². The Bertz CT molecular complexity index is 570. The number of hydrogen-bond acceptors (Lipinski definition) is 2. The fraction of sp³-hybridized carbons (Fsp3) is 0.200. The third-order valence-electron chi connectivity index (χ3n) is 2.99. The van der Waals surface area contributed by atoms with Gasteiger partial charge in [0.25, 0.3) is 0 Å². The normalized spacial score (nSPS) is 10.5. The van der Waals surface area contributed by atoms with Gasteiger partial charge in [-0.2, -0.15) is 0 Å². The summed E-state index contributed by atoms with van der Waals surface area (Å²) in [5.41, 5.74) is 7.79. The Morgan fingerprint density at radius 3 is 2.53 bits per heavy atom. The van der Waals surface area contributed by atoms with Crippen LogP contribution in [0.4, 0.5) is 20.2 Å². The second-order valence-electron chi connectivity index (χ2n) is 4.34. The molecule has 2 aromatic carbocycles. The van der Waals surface area contributed by atoms with Crippen LogP contribution < -0.4 is 10.6 Å². The third-order valence-corrected chi connectivity index (χ3v) is 2.99. The van der Waals surface area contributed by atoms with Crippen LogP contribution in [0.15, 0.2) is 42.5 Å². The molecule has 2 rings (SSSR count). The quantitative estimate of drug-likeness (QED) is 0.853. The van der Waals surface area contributed by atoms with E-state index in [0.717, 1.165) is 11.8 Å². The summed E-state index contributed by atoms with van der Waals surface area (Å²) in [7, 11) is 0. The number of halogens is 2. The second-order valence-corrected chi connectivity index (χ2v) is 4.34. The molecule has 0 heterocycles. The first-order valence-corrected chi connectivity index (χ1v) is 6.14. The lowest BCUT2D eigenvalue weighted by molar-refractivity contribution is 0.569. The third kappa shape index (κ3) is 3.22. The summed E-state index contributed by atoms with van der Waals surface area (Å²) in [6.07, 6.45) is 0. The molecule has 0 radical (unpaired) electrons. The Balaban J connectivity index is 2.24. The van der Waals surface area contributed by atoms with E-state index in [-0.39, 0.29) is 0 Å². The van der Waals surface area contributed by atoms with Crippen molar-refractivity contribution in [2.24, 2.45) is 0 Å². The Morgan fingerprint density at radius 2 is 1.89 bits per heavy atom. The van der Waals surface area contributed by atoms with Crippen molar-refractivity contribution in [1.29, 1.82) is 0 Å². The highest BCUT2D eigenvalue weighted by molar-refractivity contribution is 5.56. The fourth-order valence-electron chi connectivity index (χ4n) is 1.96. The monoisotopic (exact) mass is 262 g/mol. The van der Waals surface area contributed by atoms with Gasteiger partial charge in [0.2, 0.25) is 0 Å². The summed E-state index contributed by atoms with van der Waals surface area (Å²) >= 11 is 0. The molecule has 0 fully saturated rings. The number of rotatable bonds is 4. The van der Waals surface area contributed by atoms with Gasteiger partial charge in [0.05, 0.1) is 0 Å². The van der Waals surface area contributed by atoms with E-state index in [4.69, 9.17) is 5.73 Å². The average molecular weight is 262 g/mol. The zero-order chi connectivity index (χ0) is 13.8. The van der Waals surface area contributed by atoms with Gasteiger partial charge in [0.1, 0.15) is 11.6 Å². The van der Waals surface area contributed by atoms with E-state index >= 15 is 0 Å². The molecular weight excluding hydrogens is 246 g/mol. The number of hydrogen-bond donors (Lipinski definition) is 1. The van der Waals surface area contributed by atoms with E-state index in [9.17, 15) is 8.78 Å². The Morgan fingerprint density at radius 1 is 1.11 bits per heavy atom. The van der Waals surface area contributed by atoms with E-state index < -0.39 is 11.6 Å². The van der Waals surface area contributed by atoms with Gasteiger partial charge in [0, 0.05) is 36.1 Å². The molecule has 0 aliphatic rings. The van der Waals surface area contributed by atoms with Crippen LogP contribution in [-0.4, -0.2) is 6.54 Å². The number of nitrogens with zero attached hydrogens (tertiary/aromatic N) is 1. The molecule has 0 unspecified atom stereocenters. The summed E-state index contributed by atoms with van der Waals surface area (Å²) in [6, 6.07) is 11.1. The molecule has 0 saturated carbocycles. The molecule has 2 nitrogen and oxygen atoms in total. The SMILES string of the molecule is CCN(Cc1ccc(F)cc1F)c1cccc(N)c1. The topological polar surface area (TPSA) is 29.3 Å². The summed E-state index contributed by atoms with van der Waals surface area (Å²) in [5.74, 6) is -1.09. The maximum atomic E-state index is 13.7. The summed E-state index contributed by atoms with van der Waals surface area (Å²) < 4.78 is 26.5. The lowest BCUT2D eigenvalue weighted by atomic mass is 10.1. The van der Waals surface area contributed by atoms with Gasteiger partial charge in [-0.25, -0.2) is 8.78 Å². The first kappa shape index (κ1) is 13.3. The smallest absolute Gasteiger partial charge is 0.131 e. The zero-order valence-corrected chi connectivity index (χ0v) is 10.7. The first-order chi connectivity index (χ1) is 9.10. The molecule has 0 saturated heterocycles. The molecule has 4 heteroatoms. The Kier molecular flexibility index (Phi) is 4.00. The molecule has 0 amide bonds. The van der Waals surface area contributed by atoms with Crippen LogP contribution in [0.3, 0.4) is 0 Å². The van der Waals surface area contributed by atoms with Gasteiger partial charge in [-0.15, -0.1) is 0 Å². The van der Waals surface area contributed by atoms with E-state index in [1.165, 1.54) is 12.1 Å². The van der Waals surface area contributed by atoms with Crippen molar-refractivity contribution in [3.05, 3.63) is 59.7 Å². The van der Waals surface area contributed by atoms with Gasteiger partial charge in [-0.05, 0) is 31.2 Å². The molecule has 2 N–H and O–H groups in total. The standard InChI is InChI=1S/C15H16F2N2/c1-2-19(14-5-3-4-13(18)9-14)10-11-6-7-12(16)8-15(11)17/h3-9H,2,10,18H2,1H3. The number of nitrogens with two attached hydrogens (primary N) is 1. The van der Waals surface area contributed by atoms with Gasteiger partial charge in [-0.1, -0.05) is 12.1 Å². The highest BCUT2D eigenvalue weighted by Gasteiger charge is 2.10. The maximum Gasteiger partial charge on any atom is 0.131 e. The lowest BCUT2D eigenvalue weighted by Gasteiger charge is -2.23. The second kappa shape index (κ2) is 5.69. The Hall–Kier alpha value is -2.10. The van der Waals surface area contributed by atoms with Crippen LogP contribution in [0.1, 0.15) is 12.5 Å². The van der Waals surface area contributed by atoms with Crippen LogP contribution in [0.2, 0.25) is 0 Å². The van der Waals surface area contributed by atoms with Gasteiger partial charge < -0.3 is 10.6 Å². The average Bonchev–Trinajstić information content (AvgIpc) is 2.38. The highest BCUT2D eigenvalue weighted by Crippen LogP contribution is 2.21. The van der Waals surface area contributed by atoms with Gasteiger partial charge in [-0.3, -0.25) is 0 Å². The van der Waals surface area contributed by atoms with E-state index in [1.807, 2.05) is 30.0 Å². The number of benzene rings is 2. The van der Waals surface area contributed by atoms with Crippen LogP contribution in [0, 0.1) is 11.6 Å². The minimum Gasteiger partial charge on any atom is -0.399 e. The largest absolute Gasteiger partial charge is 0.399 e. The van der Waals surface area contributed by atoms with Crippen LogP contribution >= 0.6 is 0 Å². The number of anilines is 2. The fourth-order valence-corrected chi connectivity index (χ4v) is 1.96. The Labute approximate surface area is 111 Å². The molecule has 0 spiro atoms. The van der Waals surface area contributed by atoms with E-state index in [2.05, 4.69) is 0 Å². The van der Waals surface area contributed by atoms with E-state index in [0.29, 0.717) is 24.3 Å². The van der Waals surface area contributed by atoms with Crippen molar-refractivity contribution >= 4 is 11.4 Å². The first-order valence-electron chi connectivity index (χ1n) is 6.14. The molecule has 0 aromatic heterocycles. The van der Waals surface area contributed by atoms with Crippen molar-refractivity contribution in [2.45, 2.75) is 13.5 Å². The molecule has 0 bridgehead atoms. The van der Waals surface area contributed by atoms with Crippen LogP contribution in [0.5, 0.6) is 0 Å². The molecule has 100 valence electrons. The maximum absolute atomic E-state index is 13.7. The van der Waals surface area contributed by atoms with Crippen molar-refractivity contribution < 1.29 is 8.78 Å². The van der Waals surface area contributed by atoms with Crippen LogP contribution in [0.25, 0.3) is 0 Å². The highest BCUT2D eigenvalue weighted by atomic mass is 19.1. The molecule has 19 heavy (non-hydrogen) atoms. The summed E-state index contributed by atoms with van der Waals surface area (Å²) in [4.78, 5) is 1.98. The number of nitrogen functional groups attached to an aromatic ring is 1. The van der Waals surface area contributed by atoms with Crippen LogP contribution in [-0.2, 0) is 6.54 Å². The molecule has 2 aromatic rings.